The van der Waals surface area contributed by atoms with Crippen LogP contribution < -0.4 is 0 Å². The Morgan fingerprint density at radius 3 is 1.82 bits per heavy atom. The Labute approximate surface area is 231 Å². The minimum Gasteiger partial charge on any atom is -0.438 e. The summed E-state index contributed by atoms with van der Waals surface area (Å²) in [6.45, 7) is 10.8. The lowest BCUT2D eigenvalue weighted by atomic mass is 10.00. The predicted octanol–water partition coefficient (Wildman–Crippen LogP) is 8.06. The van der Waals surface area contributed by atoms with Gasteiger partial charge in [0, 0.05) is 39.3 Å². The van der Waals surface area contributed by atoms with Gasteiger partial charge in [0.2, 0.25) is 0 Å². The molecule has 2 atom stereocenters. The summed E-state index contributed by atoms with van der Waals surface area (Å²) in [5, 5.41) is 4.25. The fourth-order valence-electron chi connectivity index (χ4n) is 5.76. The van der Waals surface area contributed by atoms with E-state index in [2.05, 4.69) is 66.3 Å². The van der Waals surface area contributed by atoms with E-state index >= 15 is 0 Å². The van der Waals surface area contributed by atoms with Crippen LogP contribution in [0, 0.1) is 0 Å². The summed E-state index contributed by atoms with van der Waals surface area (Å²) in [6.07, 6.45) is 1.28. The van der Waals surface area contributed by atoms with Gasteiger partial charge in [0.05, 0.1) is 22.1 Å². The van der Waals surface area contributed by atoms with E-state index in [-0.39, 0.29) is 0 Å². The third kappa shape index (κ3) is 3.96. The normalized spacial score (nSPS) is 12.9. The summed E-state index contributed by atoms with van der Waals surface area (Å²) in [5.74, 6) is -0.947. The maximum absolute atomic E-state index is 12.2. The summed E-state index contributed by atoms with van der Waals surface area (Å²) in [7, 11) is 0. The van der Waals surface area contributed by atoms with Crippen LogP contribution in [0.2, 0.25) is 0 Å². The van der Waals surface area contributed by atoms with Gasteiger partial charge in [0.1, 0.15) is 0 Å². The van der Waals surface area contributed by atoms with Crippen LogP contribution in [-0.2, 0) is 19.1 Å². The first-order valence-corrected chi connectivity index (χ1v) is 13.1. The summed E-state index contributed by atoms with van der Waals surface area (Å²) in [5.41, 5.74) is 5.91. The Bertz CT molecular complexity index is 1980. The van der Waals surface area contributed by atoms with E-state index in [0.29, 0.717) is 0 Å². The minimum atomic E-state index is -0.555. The fourth-order valence-corrected chi connectivity index (χ4v) is 5.76. The van der Waals surface area contributed by atoms with E-state index in [9.17, 15) is 9.59 Å². The van der Waals surface area contributed by atoms with Gasteiger partial charge in [-0.15, -0.1) is 0 Å². The molecule has 2 unspecified atom stereocenters. The predicted molar refractivity (Wildman–Crippen MR) is 160 cm³/mol. The largest absolute Gasteiger partial charge is 0.438 e. The van der Waals surface area contributed by atoms with Crippen molar-refractivity contribution in [2.45, 2.75) is 26.3 Å². The standard InChI is InChI=1S/C34H28N2O4/c1-5-32(37)39-21(3)35-29-16-9-8-13-26(29)28-20-23(18-19-31(28)35)24-14-11-15-27-25-12-7-10-17-30(25)36(34(24)27)22(4)40-33(38)6-2/h5-22H,1-2H2,3-4H3. The second-order valence-electron chi connectivity index (χ2n) is 9.69. The monoisotopic (exact) mass is 528 g/mol. The van der Waals surface area contributed by atoms with Crippen LogP contribution >= 0.6 is 0 Å². The summed E-state index contributed by atoms with van der Waals surface area (Å²) in [4.78, 5) is 24.2. The van der Waals surface area contributed by atoms with Crippen LogP contribution in [0.15, 0.2) is 110 Å². The number of esters is 2. The molecule has 0 aliphatic rings. The number of fused-ring (bicyclic) bond motifs is 6. The lowest BCUT2D eigenvalue weighted by molar-refractivity contribution is -0.146. The lowest BCUT2D eigenvalue weighted by Gasteiger charge is -2.19. The highest BCUT2D eigenvalue weighted by atomic mass is 16.6. The Kier molecular flexibility index (Phi) is 6.23. The minimum absolute atomic E-state index is 0.471. The molecule has 40 heavy (non-hydrogen) atoms. The number of benzene rings is 4. The van der Waals surface area contributed by atoms with E-state index in [1.54, 1.807) is 0 Å². The van der Waals surface area contributed by atoms with Gasteiger partial charge in [-0.3, -0.25) is 0 Å². The molecule has 0 radical (unpaired) electrons. The molecule has 0 saturated heterocycles. The molecular weight excluding hydrogens is 500 g/mol. The van der Waals surface area contributed by atoms with Gasteiger partial charge in [0.15, 0.2) is 12.5 Å². The molecule has 2 aromatic heterocycles. The topological polar surface area (TPSA) is 62.5 Å². The van der Waals surface area contributed by atoms with E-state index in [1.165, 1.54) is 12.2 Å². The van der Waals surface area contributed by atoms with Gasteiger partial charge in [-0.2, -0.15) is 0 Å². The number of hydrogen-bond acceptors (Lipinski definition) is 4. The molecule has 0 aliphatic heterocycles. The molecule has 0 N–H and O–H groups in total. The SMILES string of the molecule is C=CC(=O)OC(C)n1c2ccccc2c2cc(-c3cccc4c5ccccc5n(C(C)OC(=O)C=C)c34)ccc21. The summed E-state index contributed by atoms with van der Waals surface area (Å²) >= 11 is 0. The molecule has 6 rings (SSSR count). The van der Waals surface area contributed by atoms with Crippen LogP contribution in [0.25, 0.3) is 54.7 Å². The number of para-hydroxylation sites is 3. The summed E-state index contributed by atoms with van der Waals surface area (Å²) < 4.78 is 15.4. The number of carbonyl (C=O) groups excluding carboxylic acids is 2. The summed E-state index contributed by atoms with van der Waals surface area (Å²) in [6, 6.07) is 28.8. The van der Waals surface area contributed by atoms with Crippen molar-refractivity contribution in [2.75, 3.05) is 0 Å². The maximum atomic E-state index is 12.2. The lowest BCUT2D eigenvalue weighted by Crippen LogP contribution is -2.13. The van der Waals surface area contributed by atoms with Gasteiger partial charge in [0.25, 0.3) is 0 Å². The zero-order chi connectivity index (χ0) is 28.0. The zero-order valence-corrected chi connectivity index (χ0v) is 22.3. The van der Waals surface area contributed by atoms with E-state index < -0.39 is 24.4 Å². The number of nitrogens with zero attached hydrogens (tertiary/aromatic N) is 2. The van der Waals surface area contributed by atoms with Crippen LogP contribution in [0.3, 0.4) is 0 Å². The molecule has 0 bridgehead atoms. The zero-order valence-electron chi connectivity index (χ0n) is 22.3. The van der Waals surface area contributed by atoms with Crippen molar-refractivity contribution in [3.05, 3.63) is 110 Å². The number of rotatable bonds is 7. The van der Waals surface area contributed by atoms with Gasteiger partial charge >= 0.3 is 11.9 Å². The molecule has 6 nitrogen and oxygen atoms in total. The van der Waals surface area contributed by atoms with Crippen molar-refractivity contribution >= 4 is 55.6 Å². The molecule has 0 saturated carbocycles. The van der Waals surface area contributed by atoms with E-state index in [1.807, 2.05) is 54.8 Å². The fraction of sp³-hybridized carbons (Fsp3) is 0.118. The van der Waals surface area contributed by atoms with Gasteiger partial charge in [-0.05, 0) is 43.7 Å². The van der Waals surface area contributed by atoms with Gasteiger partial charge in [-0.1, -0.05) is 73.8 Å². The van der Waals surface area contributed by atoms with Crippen molar-refractivity contribution in [1.29, 1.82) is 0 Å². The van der Waals surface area contributed by atoms with Gasteiger partial charge in [-0.25, -0.2) is 9.59 Å². The Morgan fingerprint density at radius 2 is 1.18 bits per heavy atom. The van der Waals surface area contributed by atoms with Gasteiger partial charge < -0.3 is 18.6 Å². The van der Waals surface area contributed by atoms with Crippen molar-refractivity contribution in [3.63, 3.8) is 0 Å². The Balaban J connectivity index is 1.61. The highest BCUT2D eigenvalue weighted by Crippen LogP contribution is 2.40. The highest BCUT2D eigenvalue weighted by Gasteiger charge is 2.22. The second kappa shape index (κ2) is 9.89. The molecular formula is C34H28N2O4. The first-order valence-electron chi connectivity index (χ1n) is 13.1. The number of aromatic nitrogens is 2. The molecule has 6 heteroatoms. The molecule has 0 spiro atoms. The quantitative estimate of drug-likeness (QED) is 0.155. The Morgan fingerprint density at radius 1 is 0.650 bits per heavy atom. The average molecular weight is 529 g/mol. The van der Waals surface area contributed by atoms with E-state index in [0.717, 1.165) is 54.7 Å². The van der Waals surface area contributed by atoms with Crippen molar-refractivity contribution < 1.29 is 19.1 Å². The second-order valence-corrected chi connectivity index (χ2v) is 9.69. The van der Waals surface area contributed by atoms with Crippen molar-refractivity contribution in [3.8, 4) is 11.1 Å². The third-order valence-corrected chi connectivity index (χ3v) is 7.39. The molecule has 0 fully saturated rings. The molecule has 6 aromatic rings. The maximum Gasteiger partial charge on any atom is 0.332 e. The molecule has 0 amide bonds. The van der Waals surface area contributed by atoms with Crippen LogP contribution in [0.4, 0.5) is 0 Å². The molecule has 2 heterocycles. The van der Waals surface area contributed by atoms with Crippen molar-refractivity contribution in [1.82, 2.24) is 9.13 Å². The molecule has 198 valence electrons. The van der Waals surface area contributed by atoms with Crippen LogP contribution in [0.1, 0.15) is 26.3 Å². The van der Waals surface area contributed by atoms with Crippen molar-refractivity contribution in [2.24, 2.45) is 0 Å². The first kappa shape index (κ1) is 25.2. The molecule has 4 aromatic carbocycles. The number of ether oxygens (including phenoxy) is 2. The molecule has 0 aliphatic carbocycles. The van der Waals surface area contributed by atoms with Crippen LogP contribution in [-0.4, -0.2) is 21.1 Å². The smallest absolute Gasteiger partial charge is 0.332 e. The highest BCUT2D eigenvalue weighted by molar-refractivity contribution is 6.14. The average Bonchev–Trinajstić information content (AvgIpc) is 3.49. The first-order chi connectivity index (χ1) is 19.4. The third-order valence-electron chi connectivity index (χ3n) is 7.39. The Hall–Kier alpha value is -5.10. The van der Waals surface area contributed by atoms with E-state index in [4.69, 9.17) is 9.47 Å². The van der Waals surface area contributed by atoms with Crippen LogP contribution in [0.5, 0.6) is 0 Å². The number of carbonyl (C=O) groups is 2. The number of hydrogen-bond donors (Lipinski definition) is 0.